The van der Waals surface area contributed by atoms with Crippen molar-refractivity contribution in [1.29, 1.82) is 0 Å². The van der Waals surface area contributed by atoms with Gasteiger partial charge in [-0.3, -0.25) is 14.9 Å². The number of amides is 1. The van der Waals surface area contributed by atoms with Crippen molar-refractivity contribution in [2.24, 2.45) is 0 Å². The Morgan fingerprint density at radius 2 is 1.91 bits per heavy atom. The topological polar surface area (TPSA) is 104 Å². The second-order valence-corrected chi connectivity index (χ2v) is 4.86. The molecule has 0 atom stereocenters. The number of nitro benzene ring substituents is 1. The van der Waals surface area contributed by atoms with Crippen LogP contribution in [0.1, 0.15) is 15.9 Å². The maximum atomic E-state index is 11.6. The summed E-state index contributed by atoms with van der Waals surface area (Å²) in [6.07, 6.45) is 0.557. The standard InChI is InChI=1S/C16H17N3O4/c1-17-16(21)12-4-7-14(15(10-12)19(22)23)18-13-5-2-11(3-6-13)8-9-20/h2-7,10,18,20H,8-9H2,1H3,(H,17,21). The maximum Gasteiger partial charge on any atom is 0.293 e. The Bertz CT molecular complexity index is 714. The molecule has 0 saturated heterocycles. The number of aliphatic hydroxyl groups excluding tert-OH is 1. The lowest BCUT2D eigenvalue weighted by molar-refractivity contribution is -0.383. The van der Waals surface area contributed by atoms with Crippen LogP contribution < -0.4 is 10.6 Å². The molecule has 1 amide bonds. The summed E-state index contributed by atoms with van der Waals surface area (Å²) in [6, 6.07) is 11.5. The summed E-state index contributed by atoms with van der Waals surface area (Å²) in [5.74, 6) is -0.381. The summed E-state index contributed by atoms with van der Waals surface area (Å²) >= 11 is 0. The van der Waals surface area contributed by atoms with Crippen LogP contribution in [0, 0.1) is 10.1 Å². The molecule has 0 saturated carbocycles. The molecule has 0 aliphatic heterocycles. The largest absolute Gasteiger partial charge is 0.396 e. The second kappa shape index (κ2) is 7.37. The molecule has 0 radical (unpaired) electrons. The van der Waals surface area contributed by atoms with Crippen molar-refractivity contribution >= 4 is 23.0 Å². The molecule has 0 unspecified atom stereocenters. The molecule has 2 aromatic rings. The summed E-state index contributed by atoms with van der Waals surface area (Å²) < 4.78 is 0. The lowest BCUT2D eigenvalue weighted by Gasteiger charge is -2.09. The maximum absolute atomic E-state index is 11.6. The predicted molar refractivity (Wildman–Crippen MR) is 87.0 cm³/mol. The van der Waals surface area contributed by atoms with Gasteiger partial charge in [0.15, 0.2) is 0 Å². The first-order valence-electron chi connectivity index (χ1n) is 7.02. The minimum Gasteiger partial charge on any atom is -0.396 e. The number of rotatable bonds is 6. The molecule has 3 N–H and O–H groups in total. The van der Waals surface area contributed by atoms with Gasteiger partial charge in [-0.15, -0.1) is 0 Å². The van der Waals surface area contributed by atoms with E-state index in [4.69, 9.17) is 5.11 Å². The number of aliphatic hydroxyl groups is 1. The molecule has 0 heterocycles. The predicted octanol–water partition coefficient (Wildman–Crippen LogP) is 2.23. The number of hydrogen-bond acceptors (Lipinski definition) is 5. The molecular formula is C16H17N3O4. The van der Waals surface area contributed by atoms with Crippen LogP contribution in [0.25, 0.3) is 0 Å². The summed E-state index contributed by atoms with van der Waals surface area (Å²) in [5.41, 5.74) is 2.01. The fourth-order valence-electron chi connectivity index (χ4n) is 2.11. The van der Waals surface area contributed by atoms with Crippen LogP contribution in [-0.4, -0.2) is 29.6 Å². The highest BCUT2D eigenvalue weighted by Gasteiger charge is 2.17. The molecule has 0 aliphatic rings. The lowest BCUT2D eigenvalue weighted by atomic mass is 10.1. The third-order valence-electron chi connectivity index (χ3n) is 3.32. The fourth-order valence-corrected chi connectivity index (χ4v) is 2.11. The Morgan fingerprint density at radius 3 is 2.48 bits per heavy atom. The highest BCUT2D eigenvalue weighted by Crippen LogP contribution is 2.28. The fraction of sp³-hybridized carbons (Fsp3) is 0.188. The molecule has 2 aromatic carbocycles. The van der Waals surface area contributed by atoms with E-state index in [0.717, 1.165) is 5.56 Å². The molecule has 7 nitrogen and oxygen atoms in total. The van der Waals surface area contributed by atoms with Crippen molar-refractivity contribution in [2.75, 3.05) is 19.0 Å². The van der Waals surface area contributed by atoms with Gasteiger partial charge < -0.3 is 15.7 Å². The first-order valence-corrected chi connectivity index (χ1v) is 7.02. The van der Waals surface area contributed by atoms with E-state index in [9.17, 15) is 14.9 Å². The van der Waals surface area contributed by atoms with Crippen molar-refractivity contribution in [3.63, 3.8) is 0 Å². The van der Waals surface area contributed by atoms with E-state index in [2.05, 4.69) is 10.6 Å². The first kappa shape index (κ1) is 16.4. The van der Waals surface area contributed by atoms with Crippen molar-refractivity contribution in [1.82, 2.24) is 5.32 Å². The molecule has 23 heavy (non-hydrogen) atoms. The van der Waals surface area contributed by atoms with Gasteiger partial charge in [-0.25, -0.2) is 0 Å². The Kier molecular flexibility index (Phi) is 5.27. The zero-order chi connectivity index (χ0) is 16.8. The van der Waals surface area contributed by atoms with E-state index >= 15 is 0 Å². The Balaban J connectivity index is 2.28. The van der Waals surface area contributed by atoms with Gasteiger partial charge in [0.1, 0.15) is 5.69 Å². The number of hydrogen-bond donors (Lipinski definition) is 3. The summed E-state index contributed by atoms with van der Waals surface area (Å²) in [6.45, 7) is 0.0687. The molecule has 0 bridgehead atoms. The van der Waals surface area contributed by atoms with Crippen LogP contribution in [0.3, 0.4) is 0 Å². The molecule has 120 valence electrons. The lowest BCUT2D eigenvalue weighted by Crippen LogP contribution is -2.17. The Hall–Kier alpha value is -2.93. The van der Waals surface area contributed by atoms with Crippen molar-refractivity contribution in [3.05, 3.63) is 63.7 Å². The number of nitrogens with zero attached hydrogens (tertiary/aromatic N) is 1. The molecule has 0 aliphatic carbocycles. The van der Waals surface area contributed by atoms with Crippen LogP contribution in [0.2, 0.25) is 0 Å². The zero-order valence-electron chi connectivity index (χ0n) is 12.6. The first-order chi connectivity index (χ1) is 11.0. The van der Waals surface area contributed by atoms with E-state index in [-0.39, 0.29) is 23.8 Å². The van der Waals surface area contributed by atoms with E-state index in [1.54, 1.807) is 12.1 Å². The van der Waals surface area contributed by atoms with E-state index < -0.39 is 4.92 Å². The van der Waals surface area contributed by atoms with E-state index in [1.807, 2.05) is 12.1 Å². The third-order valence-corrected chi connectivity index (χ3v) is 3.32. The third kappa shape index (κ3) is 4.04. The van der Waals surface area contributed by atoms with Gasteiger partial charge in [-0.1, -0.05) is 12.1 Å². The smallest absolute Gasteiger partial charge is 0.293 e. The molecule has 2 rings (SSSR count). The monoisotopic (exact) mass is 315 g/mol. The van der Waals surface area contributed by atoms with Crippen molar-refractivity contribution < 1.29 is 14.8 Å². The van der Waals surface area contributed by atoms with Crippen LogP contribution in [0.4, 0.5) is 17.1 Å². The average molecular weight is 315 g/mol. The Morgan fingerprint density at radius 1 is 1.22 bits per heavy atom. The number of anilines is 2. The van der Waals surface area contributed by atoms with Gasteiger partial charge in [-0.2, -0.15) is 0 Å². The molecule has 0 fully saturated rings. The summed E-state index contributed by atoms with van der Waals surface area (Å²) in [5, 5.41) is 25.5. The molecule has 0 spiro atoms. The number of benzene rings is 2. The van der Waals surface area contributed by atoms with Gasteiger partial charge in [0.25, 0.3) is 11.6 Å². The second-order valence-electron chi connectivity index (χ2n) is 4.86. The molecule has 0 aromatic heterocycles. The van der Waals surface area contributed by atoms with Gasteiger partial charge in [0.05, 0.1) is 4.92 Å². The van der Waals surface area contributed by atoms with Crippen LogP contribution in [0.5, 0.6) is 0 Å². The summed E-state index contributed by atoms with van der Waals surface area (Å²) in [7, 11) is 1.47. The highest BCUT2D eigenvalue weighted by molar-refractivity contribution is 5.95. The number of nitrogens with one attached hydrogen (secondary N) is 2. The molecule has 7 heteroatoms. The van der Waals surface area contributed by atoms with Crippen LogP contribution >= 0.6 is 0 Å². The van der Waals surface area contributed by atoms with Gasteiger partial charge in [0, 0.05) is 31.0 Å². The minimum atomic E-state index is -0.533. The Labute approximate surface area is 133 Å². The number of carbonyl (C=O) groups is 1. The average Bonchev–Trinajstić information content (AvgIpc) is 2.56. The highest BCUT2D eigenvalue weighted by atomic mass is 16.6. The minimum absolute atomic E-state index is 0.0687. The van der Waals surface area contributed by atoms with Crippen molar-refractivity contribution in [2.45, 2.75) is 6.42 Å². The quantitative estimate of drug-likeness (QED) is 0.560. The SMILES string of the molecule is CNC(=O)c1ccc(Nc2ccc(CCO)cc2)c([N+](=O)[O-])c1. The number of carbonyl (C=O) groups excluding carboxylic acids is 1. The number of nitro groups is 1. The zero-order valence-corrected chi connectivity index (χ0v) is 12.6. The normalized spacial score (nSPS) is 10.2. The van der Waals surface area contributed by atoms with Crippen LogP contribution in [-0.2, 0) is 6.42 Å². The van der Waals surface area contributed by atoms with Crippen molar-refractivity contribution in [3.8, 4) is 0 Å². The van der Waals surface area contributed by atoms with Gasteiger partial charge in [-0.05, 0) is 36.2 Å². The van der Waals surface area contributed by atoms with E-state index in [1.165, 1.54) is 25.2 Å². The van der Waals surface area contributed by atoms with E-state index in [0.29, 0.717) is 17.8 Å². The van der Waals surface area contributed by atoms with Gasteiger partial charge >= 0.3 is 0 Å². The van der Waals surface area contributed by atoms with Crippen LogP contribution in [0.15, 0.2) is 42.5 Å². The summed E-state index contributed by atoms with van der Waals surface area (Å²) in [4.78, 5) is 22.3. The molecular weight excluding hydrogens is 298 g/mol. The van der Waals surface area contributed by atoms with Gasteiger partial charge in [0.2, 0.25) is 0 Å².